The van der Waals surface area contributed by atoms with Gasteiger partial charge < -0.3 is 23.7 Å². The van der Waals surface area contributed by atoms with Gasteiger partial charge in [-0.3, -0.25) is 0 Å². The summed E-state index contributed by atoms with van der Waals surface area (Å²) in [4.78, 5) is 4.54. The predicted octanol–water partition coefficient (Wildman–Crippen LogP) is 32.0. The Balaban J connectivity index is 0.946. The van der Waals surface area contributed by atoms with Crippen LogP contribution in [0, 0.1) is 0 Å². The molecule has 0 N–H and O–H groups in total. The Morgan fingerprint density at radius 1 is 0.275 bits per heavy atom. The summed E-state index contributed by atoms with van der Waals surface area (Å²) in [6.07, 6.45) is 0. The molecule has 5 heterocycles. The highest BCUT2D eigenvalue weighted by Gasteiger charge is 2.47. The van der Waals surface area contributed by atoms with Gasteiger partial charge in [0.2, 0.25) is 0 Å². The fourth-order valence-electron chi connectivity index (χ4n) is 20.2. The van der Waals surface area contributed by atoms with Crippen LogP contribution >= 0.6 is 0 Å². The lowest BCUT2D eigenvalue weighted by atomic mass is 9.33. The van der Waals surface area contributed by atoms with Crippen LogP contribution in [-0.4, -0.2) is 15.8 Å². The summed E-state index contributed by atoms with van der Waals surface area (Å²) in [6, 6.07) is 103. The first-order valence-corrected chi connectivity index (χ1v) is 44.6. The molecule has 0 spiro atoms. The number of fused-ring (bicyclic) bond motifs is 12. The maximum atomic E-state index is 12.6. The summed E-state index contributed by atoms with van der Waals surface area (Å²) in [5, 5.41) is -0.497. The molecule has 0 saturated heterocycles. The quantitative estimate of drug-likeness (QED) is 0.108. The van der Waals surface area contributed by atoms with Crippen molar-refractivity contribution >= 4 is 101 Å². The molecule has 6 heteroatoms. The van der Waals surface area contributed by atoms with Crippen LogP contribution in [0.15, 0.2) is 430 Å². The SMILES string of the molecule is [2H]c1c(-c2ccc3c(c2)C(C)(C)c2ccccc2O3)cc2c3c1N(c1c(-c4cccc(-c5ccccc5)c4)cc(C(C)(C)C)cc1-c1cccc(-c4ccccc4)c1)c1cc(-n4c5c([2H])c([2H])c([2H])c([2H])c5c5c([2H])c([2H])c([2H])c([2H])c54)ccc1B3c1ccc(-n3c4c([2H])c([2H])c([2H])c([2H])c4c4c([2H])c([2H])c([2H])c([2H])c43)cc1N2c1c(-c2cccc(-c3ccccc3)c2)cc(C(C)(C)C)cc1-c1cccc(-c2ccccc2)c1. The fraction of sp³-hybridized carbons (Fsp3) is 0.0880. The summed E-state index contributed by atoms with van der Waals surface area (Å²) in [5.74, 6) is 1.31. The Morgan fingerprint density at radius 2 is 0.603 bits per heavy atom. The van der Waals surface area contributed by atoms with E-state index in [2.05, 4.69) is 253 Å². The van der Waals surface area contributed by atoms with Crippen LogP contribution in [0.3, 0.4) is 0 Å². The Labute approximate surface area is 790 Å². The van der Waals surface area contributed by atoms with E-state index in [0.717, 1.165) is 111 Å². The highest BCUT2D eigenvalue weighted by Crippen LogP contribution is 2.58. The van der Waals surface area contributed by atoms with Crippen molar-refractivity contribution in [2.24, 2.45) is 0 Å². The number of nitrogens with zero attached hydrogens (tertiary/aromatic N) is 4. The normalized spacial score (nSPS) is 14.9. The van der Waals surface area contributed by atoms with Crippen molar-refractivity contribution in [3.05, 3.63) is 453 Å². The zero-order chi connectivity index (χ0) is 103. The van der Waals surface area contributed by atoms with E-state index >= 15 is 0 Å². The molecule has 624 valence electrons. The summed E-state index contributed by atoms with van der Waals surface area (Å²) in [6.45, 7) is 16.6. The lowest BCUT2D eigenvalue weighted by Gasteiger charge is -2.46. The number of hydrogen-bond donors (Lipinski definition) is 0. The summed E-state index contributed by atoms with van der Waals surface area (Å²) in [7, 11) is 0. The van der Waals surface area contributed by atoms with Crippen molar-refractivity contribution in [1.82, 2.24) is 9.13 Å². The van der Waals surface area contributed by atoms with Gasteiger partial charge >= 0.3 is 0 Å². The van der Waals surface area contributed by atoms with E-state index < -0.39 is 120 Å². The molecular formula is C125H95BN4O. The predicted molar refractivity (Wildman–Crippen MR) is 554 cm³/mol. The maximum absolute atomic E-state index is 12.6. The second-order valence-corrected chi connectivity index (χ2v) is 37.0. The van der Waals surface area contributed by atoms with Gasteiger partial charge in [-0.1, -0.05) is 358 Å². The molecule has 0 bridgehead atoms. The highest BCUT2D eigenvalue weighted by molar-refractivity contribution is 7.00. The molecule has 21 aromatic rings. The summed E-state index contributed by atoms with van der Waals surface area (Å²) < 4.78 is 179. The molecule has 0 atom stereocenters. The van der Waals surface area contributed by atoms with Crippen LogP contribution < -0.4 is 30.9 Å². The third-order valence-corrected chi connectivity index (χ3v) is 26.8. The minimum atomic E-state index is -1.04. The zero-order valence-corrected chi connectivity index (χ0v) is 73.5. The van der Waals surface area contributed by atoms with Crippen LogP contribution in [-0.2, 0) is 16.2 Å². The van der Waals surface area contributed by atoms with Crippen molar-refractivity contribution in [3.63, 3.8) is 0 Å². The van der Waals surface area contributed by atoms with Gasteiger partial charge in [-0.15, -0.1) is 0 Å². The first kappa shape index (κ1) is 62.4. The molecule has 0 unspecified atom stereocenters. The largest absolute Gasteiger partial charge is 0.457 e. The molecule has 0 saturated carbocycles. The van der Waals surface area contributed by atoms with Gasteiger partial charge in [0.05, 0.1) is 56.7 Å². The second-order valence-electron chi connectivity index (χ2n) is 37.0. The highest BCUT2D eigenvalue weighted by atomic mass is 16.5. The first-order chi connectivity index (χ1) is 71.0. The molecule has 24 rings (SSSR count). The van der Waals surface area contributed by atoms with Gasteiger partial charge in [-0.2, -0.15) is 0 Å². The molecule has 3 aliphatic heterocycles. The number of benzene rings is 19. The lowest BCUT2D eigenvalue weighted by molar-refractivity contribution is 0.418. The standard InChI is InChI=1S/C125H95BN4O/c1-123(2,3)94-74-102(89-47-31-43-84(67-89)80-35-13-9-14-36-80)121(103(75-94)90-48-32-44-85(68-90)81-37-15-10-16-38-81)129-114-78-96(127-110-56-26-21-51-98(110)99-52-22-27-57-111(99)127)62-64-108(114)126-109-65-63-97(128-112-58-28-23-53-100(112)101-54-24-29-59-113(101)128)79-115(109)130(117-73-93(72-116(129)120(117)126)88-61-66-119-107(71-88)125(7,8)106-55-25-30-60-118(106)131-119)122-104(91-49-33-45-86(69-91)82-39-17-11-18-40-82)76-95(124(4,5)6)77-105(122)92-50-34-46-87(70-92)83-41-19-12-20-42-83/h9-79H,1-8H3/i21D,22D,23D,24D,26D,27D,28D,29D,51D,52D,53D,54D,56D,57D,58D,59D,72D. The van der Waals surface area contributed by atoms with Crippen LogP contribution in [0.2, 0.25) is 0 Å². The van der Waals surface area contributed by atoms with Crippen LogP contribution in [0.5, 0.6) is 11.5 Å². The van der Waals surface area contributed by atoms with E-state index in [9.17, 15) is 23.3 Å². The van der Waals surface area contributed by atoms with Crippen molar-refractivity contribution < 1.29 is 28.0 Å². The number of para-hydroxylation sites is 5. The van der Waals surface area contributed by atoms with Gasteiger partial charge in [-0.25, -0.2) is 0 Å². The summed E-state index contributed by atoms with van der Waals surface area (Å²) in [5.41, 5.74) is 21.4. The van der Waals surface area contributed by atoms with Gasteiger partial charge in [0, 0.05) is 94.5 Å². The molecule has 0 fully saturated rings. The molecule has 3 aliphatic rings. The van der Waals surface area contributed by atoms with Crippen LogP contribution in [0.25, 0.3) is 155 Å². The smallest absolute Gasteiger partial charge is 0.252 e. The van der Waals surface area contributed by atoms with Crippen molar-refractivity contribution in [3.8, 4) is 123 Å². The van der Waals surface area contributed by atoms with Crippen molar-refractivity contribution in [1.29, 1.82) is 0 Å². The Hall–Kier alpha value is -15.8. The lowest BCUT2D eigenvalue weighted by Crippen LogP contribution is -2.61. The van der Waals surface area contributed by atoms with E-state index in [1.165, 1.54) is 0 Å². The van der Waals surface area contributed by atoms with Gasteiger partial charge in [0.25, 0.3) is 6.71 Å². The maximum Gasteiger partial charge on any atom is 0.252 e. The molecule has 0 amide bonds. The molecule has 5 nitrogen and oxygen atoms in total. The third-order valence-electron chi connectivity index (χ3n) is 26.8. The Kier molecular flexibility index (Phi) is 14.7. The van der Waals surface area contributed by atoms with E-state index in [1.54, 1.807) is 9.13 Å². The Morgan fingerprint density at radius 3 is 0.985 bits per heavy atom. The van der Waals surface area contributed by atoms with Crippen LogP contribution in [0.4, 0.5) is 34.1 Å². The monoisotopic (exact) mass is 1700 g/mol. The minimum absolute atomic E-state index is 0.0471. The van der Waals surface area contributed by atoms with Gasteiger partial charge in [0.15, 0.2) is 0 Å². The average Bonchev–Trinajstić information content (AvgIpc) is 0.925. The number of hydrogen-bond acceptors (Lipinski definition) is 3. The third kappa shape index (κ3) is 13.2. The van der Waals surface area contributed by atoms with E-state index in [0.29, 0.717) is 73.1 Å². The first-order valence-electron chi connectivity index (χ1n) is 53.1. The van der Waals surface area contributed by atoms with Crippen LogP contribution in [0.1, 0.15) is 101 Å². The number of rotatable bonds is 13. The minimum Gasteiger partial charge on any atom is -0.457 e. The van der Waals surface area contributed by atoms with Crippen molar-refractivity contribution in [2.45, 2.75) is 71.6 Å². The number of ether oxygens (including phenoxy) is 1. The Bertz CT molecular complexity index is 8920. The van der Waals surface area contributed by atoms with E-state index in [-0.39, 0.29) is 61.0 Å². The topological polar surface area (TPSA) is 25.6 Å². The molecule has 131 heavy (non-hydrogen) atoms. The molecule has 2 aromatic heterocycles. The van der Waals surface area contributed by atoms with Gasteiger partial charge in [-0.05, 0) is 244 Å². The summed E-state index contributed by atoms with van der Waals surface area (Å²) >= 11 is 0. The van der Waals surface area contributed by atoms with E-state index in [1.807, 2.05) is 140 Å². The van der Waals surface area contributed by atoms with Gasteiger partial charge in [0.1, 0.15) is 11.5 Å². The molecule has 0 radical (unpaired) electrons. The second kappa shape index (κ2) is 30.8. The molecule has 0 aliphatic carbocycles. The molecular weight excluding hydrogens is 1580 g/mol. The molecule has 19 aromatic carbocycles. The number of aromatic nitrogens is 2. The zero-order valence-electron chi connectivity index (χ0n) is 90.5. The average molecular weight is 1700 g/mol. The fourth-order valence-corrected chi connectivity index (χ4v) is 20.2. The van der Waals surface area contributed by atoms with Crippen molar-refractivity contribution in [2.75, 3.05) is 9.80 Å². The van der Waals surface area contributed by atoms with E-state index in [4.69, 9.17) is 4.74 Å². The number of anilines is 6.